The van der Waals surface area contributed by atoms with Crippen LogP contribution in [0.4, 0.5) is 11.4 Å². The van der Waals surface area contributed by atoms with Gasteiger partial charge in [0.1, 0.15) is 15.9 Å². The van der Waals surface area contributed by atoms with Crippen LogP contribution in [0.15, 0.2) is 48.0 Å². The minimum Gasteiger partial charge on any atom is -0.371 e. The first-order valence-corrected chi connectivity index (χ1v) is 12.3. The van der Waals surface area contributed by atoms with Crippen LogP contribution in [0.25, 0.3) is 9.88 Å². The van der Waals surface area contributed by atoms with Crippen molar-refractivity contribution in [2.75, 3.05) is 23.3 Å². The van der Waals surface area contributed by atoms with Crippen molar-refractivity contribution in [1.29, 1.82) is 0 Å². The van der Waals surface area contributed by atoms with Crippen molar-refractivity contribution in [1.82, 2.24) is 10.3 Å². The number of anilines is 2. The fourth-order valence-corrected chi connectivity index (χ4v) is 5.29. The van der Waals surface area contributed by atoms with E-state index < -0.39 is 6.04 Å². The van der Waals surface area contributed by atoms with Crippen molar-refractivity contribution in [3.05, 3.63) is 52.9 Å². The van der Waals surface area contributed by atoms with Gasteiger partial charge in [-0.05, 0) is 48.9 Å². The predicted octanol–water partition coefficient (Wildman–Crippen LogP) is 5.01. The van der Waals surface area contributed by atoms with Crippen molar-refractivity contribution < 1.29 is 9.59 Å². The van der Waals surface area contributed by atoms with Crippen LogP contribution in [0.1, 0.15) is 42.3 Å². The van der Waals surface area contributed by atoms with Gasteiger partial charge in [-0.1, -0.05) is 25.5 Å². The molecule has 1 saturated heterocycles. The third kappa shape index (κ3) is 5.32. The van der Waals surface area contributed by atoms with Crippen molar-refractivity contribution >= 4 is 45.9 Å². The van der Waals surface area contributed by atoms with Gasteiger partial charge in [0.25, 0.3) is 5.91 Å². The largest absolute Gasteiger partial charge is 0.371 e. The molecule has 2 N–H and O–H groups in total. The zero-order chi connectivity index (χ0) is 21.6. The van der Waals surface area contributed by atoms with Crippen LogP contribution in [0.2, 0.25) is 0 Å². The normalized spacial score (nSPS) is 14.4. The van der Waals surface area contributed by atoms with Crippen LogP contribution in [0.3, 0.4) is 0 Å². The fraction of sp³-hybridized carbons (Fsp3) is 0.348. The van der Waals surface area contributed by atoms with Crippen molar-refractivity contribution in [3.63, 3.8) is 0 Å². The van der Waals surface area contributed by atoms with E-state index in [0.717, 1.165) is 40.8 Å². The first-order valence-electron chi connectivity index (χ1n) is 10.6. The molecule has 4 rings (SSSR count). The molecule has 3 aromatic rings. The van der Waals surface area contributed by atoms with E-state index in [1.165, 1.54) is 24.2 Å². The lowest BCUT2D eigenvalue weighted by Crippen LogP contribution is -2.43. The smallest absolute Gasteiger partial charge is 0.263 e. The Labute approximate surface area is 190 Å². The molecule has 1 unspecified atom stereocenters. The van der Waals surface area contributed by atoms with Gasteiger partial charge in [-0.25, -0.2) is 4.98 Å². The molecule has 0 saturated carbocycles. The van der Waals surface area contributed by atoms with Crippen LogP contribution >= 0.6 is 22.7 Å². The van der Waals surface area contributed by atoms with Gasteiger partial charge in [0.2, 0.25) is 5.91 Å². The standard InChI is InChI=1S/C23H26N4O2S2/c1-2-7-18(26-22(29)20-15-24-23(31-20)19-10-6-13-30-19)21(28)25-16-8-5-9-17(14-16)27-11-3-4-12-27/h5-6,8-10,13-15,18H,2-4,7,11-12H2,1H3,(H,25,28)(H,26,29). The summed E-state index contributed by atoms with van der Waals surface area (Å²) in [5, 5.41) is 8.68. The number of carbonyl (C=O) groups is 2. The predicted molar refractivity (Wildman–Crippen MR) is 128 cm³/mol. The van der Waals surface area contributed by atoms with E-state index >= 15 is 0 Å². The summed E-state index contributed by atoms with van der Waals surface area (Å²) >= 11 is 2.93. The molecule has 1 fully saturated rings. The van der Waals surface area contributed by atoms with Gasteiger partial charge in [-0.3, -0.25) is 9.59 Å². The highest BCUT2D eigenvalue weighted by Crippen LogP contribution is 2.29. The maximum atomic E-state index is 12.9. The van der Waals surface area contributed by atoms with Crippen molar-refractivity contribution in [3.8, 4) is 9.88 Å². The Balaban J connectivity index is 1.41. The topological polar surface area (TPSA) is 74.3 Å². The van der Waals surface area contributed by atoms with Crippen molar-refractivity contribution in [2.24, 2.45) is 0 Å². The van der Waals surface area contributed by atoms with Gasteiger partial charge < -0.3 is 15.5 Å². The van der Waals surface area contributed by atoms with Gasteiger partial charge in [0.15, 0.2) is 0 Å². The molecule has 31 heavy (non-hydrogen) atoms. The number of nitrogens with zero attached hydrogens (tertiary/aromatic N) is 2. The minimum absolute atomic E-state index is 0.197. The number of hydrogen-bond acceptors (Lipinski definition) is 6. The Kier molecular flexibility index (Phi) is 6.99. The summed E-state index contributed by atoms with van der Waals surface area (Å²) in [6.07, 6.45) is 5.34. The number of hydrogen-bond donors (Lipinski definition) is 2. The van der Waals surface area contributed by atoms with E-state index in [-0.39, 0.29) is 11.8 Å². The number of thiazole rings is 1. The van der Waals surface area contributed by atoms with Crippen LogP contribution in [-0.4, -0.2) is 35.9 Å². The number of aromatic nitrogens is 1. The molecule has 2 aromatic heterocycles. The Morgan fingerprint density at radius 3 is 2.77 bits per heavy atom. The molecular formula is C23H26N4O2S2. The molecule has 0 spiro atoms. The average molecular weight is 455 g/mol. The number of nitrogens with one attached hydrogen (secondary N) is 2. The van der Waals surface area contributed by atoms with Gasteiger partial charge in [-0.2, -0.15) is 0 Å². The first-order chi connectivity index (χ1) is 15.1. The third-order valence-electron chi connectivity index (χ3n) is 5.25. The van der Waals surface area contributed by atoms with E-state index in [4.69, 9.17) is 0 Å². The van der Waals surface area contributed by atoms with Crippen LogP contribution in [-0.2, 0) is 4.79 Å². The highest BCUT2D eigenvalue weighted by Gasteiger charge is 2.23. The molecule has 1 aromatic carbocycles. The lowest BCUT2D eigenvalue weighted by atomic mass is 10.1. The maximum Gasteiger partial charge on any atom is 0.263 e. The van der Waals surface area contributed by atoms with E-state index in [1.807, 2.05) is 42.6 Å². The summed E-state index contributed by atoms with van der Waals surface area (Å²) in [6.45, 7) is 4.10. The summed E-state index contributed by atoms with van der Waals surface area (Å²) in [7, 11) is 0. The molecule has 162 valence electrons. The molecule has 8 heteroatoms. The van der Waals surface area contributed by atoms with Gasteiger partial charge >= 0.3 is 0 Å². The second-order valence-electron chi connectivity index (χ2n) is 7.56. The molecule has 0 radical (unpaired) electrons. The molecule has 6 nitrogen and oxygen atoms in total. The summed E-state index contributed by atoms with van der Waals surface area (Å²) in [5.41, 5.74) is 1.87. The number of carbonyl (C=O) groups excluding carboxylic acids is 2. The average Bonchev–Trinajstić information content (AvgIpc) is 3.55. The summed E-state index contributed by atoms with van der Waals surface area (Å²) < 4.78 is 0. The second kappa shape index (κ2) is 10.1. The minimum atomic E-state index is -0.597. The molecule has 1 atom stereocenters. The number of amides is 2. The lowest BCUT2D eigenvalue weighted by Gasteiger charge is -2.20. The van der Waals surface area contributed by atoms with Crippen LogP contribution in [0, 0.1) is 0 Å². The van der Waals surface area contributed by atoms with E-state index in [2.05, 4.69) is 26.6 Å². The first kappa shape index (κ1) is 21.5. The molecule has 2 amide bonds. The van der Waals surface area contributed by atoms with E-state index in [1.54, 1.807) is 17.5 Å². The molecule has 3 heterocycles. The van der Waals surface area contributed by atoms with Gasteiger partial charge in [-0.15, -0.1) is 22.7 Å². The Morgan fingerprint density at radius 1 is 1.19 bits per heavy atom. The zero-order valence-corrected chi connectivity index (χ0v) is 19.1. The third-order valence-corrected chi connectivity index (χ3v) is 7.28. The highest BCUT2D eigenvalue weighted by atomic mass is 32.1. The van der Waals surface area contributed by atoms with Crippen LogP contribution < -0.4 is 15.5 Å². The zero-order valence-electron chi connectivity index (χ0n) is 17.5. The Hall–Kier alpha value is -2.71. The second-order valence-corrected chi connectivity index (χ2v) is 9.53. The summed E-state index contributed by atoms with van der Waals surface area (Å²) in [5.74, 6) is -0.462. The molecular weight excluding hydrogens is 428 g/mol. The fourth-order valence-electron chi connectivity index (χ4n) is 3.67. The molecule has 1 aliphatic rings. The van der Waals surface area contributed by atoms with Gasteiger partial charge in [0, 0.05) is 24.5 Å². The number of rotatable bonds is 8. The lowest BCUT2D eigenvalue weighted by molar-refractivity contribution is -0.118. The number of benzene rings is 1. The van der Waals surface area contributed by atoms with E-state index in [9.17, 15) is 9.59 Å². The molecule has 1 aliphatic heterocycles. The van der Waals surface area contributed by atoms with Gasteiger partial charge in [0.05, 0.1) is 11.1 Å². The quantitative estimate of drug-likeness (QED) is 0.502. The Bertz CT molecular complexity index is 1030. The van der Waals surface area contributed by atoms with Crippen LogP contribution in [0.5, 0.6) is 0 Å². The SMILES string of the molecule is CCCC(NC(=O)c1cnc(-c2cccs2)s1)C(=O)Nc1cccc(N2CCCC2)c1. The monoisotopic (exact) mass is 454 g/mol. The summed E-state index contributed by atoms with van der Waals surface area (Å²) in [4.78, 5) is 33.9. The Morgan fingerprint density at radius 2 is 2.03 bits per heavy atom. The highest BCUT2D eigenvalue weighted by molar-refractivity contribution is 7.22. The summed E-state index contributed by atoms with van der Waals surface area (Å²) in [6, 6.07) is 11.3. The van der Waals surface area contributed by atoms with Crippen molar-refractivity contribution in [2.45, 2.75) is 38.6 Å². The molecule has 0 bridgehead atoms. The number of thiophene rings is 1. The van der Waals surface area contributed by atoms with E-state index in [0.29, 0.717) is 11.3 Å². The molecule has 0 aliphatic carbocycles. The maximum absolute atomic E-state index is 12.9.